The van der Waals surface area contributed by atoms with E-state index >= 15 is 0 Å². The van der Waals surface area contributed by atoms with E-state index in [0.717, 1.165) is 5.69 Å². The number of hydrogen-bond donors (Lipinski definition) is 1. The Morgan fingerprint density at radius 2 is 1.44 bits per heavy atom. The molecule has 0 unspecified atom stereocenters. The van der Waals surface area contributed by atoms with Gasteiger partial charge in [-0.1, -0.05) is 61.4 Å². The number of aryl methyl sites for hydroxylation is 2. The van der Waals surface area contributed by atoms with E-state index in [4.69, 9.17) is 5.73 Å². The highest BCUT2D eigenvalue weighted by Gasteiger charge is 1.96. The van der Waals surface area contributed by atoms with Crippen molar-refractivity contribution in [3.05, 3.63) is 65.2 Å². The topological polar surface area (TPSA) is 26.0 Å². The van der Waals surface area contributed by atoms with Gasteiger partial charge in [0.05, 0.1) is 0 Å². The smallest absolute Gasteiger partial charge is 0.0314 e. The molecule has 18 heavy (non-hydrogen) atoms. The Hall–Kier alpha value is -1.76. The van der Waals surface area contributed by atoms with E-state index in [1.54, 1.807) is 0 Å². The van der Waals surface area contributed by atoms with Crippen molar-refractivity contribution in [1.29, 1.82) is 0 Å². The molecular formula is C17H23N. The first-order valence-electron chi connectivity index (χ1n) is 6.37. The summed E-state index contributed by atoms with van der Waals surface area (Å²) in [6.45, 7) is 8.61. The minimum atomic E-state index is 0.653. The van der Waals surface area contributed by atoms with E-state index in [1.165, 1.54) is 16.7 Å². The van der Waals surface area contributed by atoms with Gasteiger partial charge >= 0.3 is 0 Å². The lowest BCUT2D eigenvalue weighted by atomic mass is 10.0. The summed E-state index contributed by atoms with van der Waals surface area (Å²) in [4.78, 5) is 0. The summed E-state index contributed by atoms with van der Waals surface area (Å²) in [6, 6.07) is 16.5. The third-order valence-corrected chi connectivity index (χ3v) is 2.79. The van der Waals surface area contributed by atoms with Crippen LogP contribution in [-0.4, -0.2) is 0 Å². The fourth-order valence-electron chi connectivity index (χ4n) is 1.60. The lowest BCUT2D eigenvalue weighted by molar-refractivity contribution is 0.865. The summed E-state index contributed by atoms with van der Waals surface area (Å²) in [6.07, 6.45) is 0. The Morgan fingerprint density at radius 3 is 1.83 bits per heavy atom. The van der Waals surface area contributed by atoms with Crippen LogP contribution in [0.1, 0.15) is 36.5 Å². The maximum Gasteiger partial charge on any atom is 0.0314 e. The summed E-state index contributed by atoms with van der Waals surface area (Å²) >= 11 is 0. The molecule has 2 rings (SSSR count). The Bertz CT molecular complexity index is 448. The summed E-state index contributed by atoms with van der Waals surface area (Å²) < 4.78 is 0. The second-order valence-electron chi connectivity index (χ2n) is 4.98. The minimum Gasteiger partial charge on any atom is -0.399 e. The first-order valence-corrected chi connectivity index (χ1v) is 6.37. The zero-order chi connectivity index (χ0) is 13.5. The van der Waals surface area contributed by atoms with Gasteiger partial charge < -0.3 is 5.73 Å². The normalized spacial score (nSPS) is 9.83. The van der Waals surface area contributed by atoms with Gasteiger partial charge in [-0.2, -0.15) is 0 Å². The molecule has 0 amide bonds. The highest BCUT2D eigenvalue weighted by Crippen LogP contribution is 2.14. The SMILES string of the molecule is Cc1ccc(N)cc1.Cc1cccc(C(C)C)c1. The molecule has 0 aliphatic heterocycles. The van der Waals surface area contributed by atoms with E-state index in [-0.39, 0.29) is 0 Å². The number of nitrogens with two attached hydrogens (primary N) is 1. The van der Waals surface area contributed by atoms with Crippen LogP contribution < -0.4 is 5.73 Å². The molecule has 96 valence electrons. The molecule has 0 aromatic heterocycles. The van der Waals surface area contributed by atoms with Gasteiger partial charge in [-0.05, 0) is 37.5 Å². The Kier molecular flexibility index (Phi) is 5.44. The summed E-state index contributed by atoms with van der Waals surface area (Å²) in [7, 11) is 0. The van der Waals surface area contributed by atoms with Gasteiger partial charge in [0.25, 0.3) is 0 Å². The molecule has 2 aromatic carbocycles. The van der Waals surface area contributed by atoms with Crippen molar-refractivity contribution in [2.45, 2.75) is 33.6 Å². The molecule has 0 aliphatic carbocycles. The molecular weight excluding hydrogens is 218 g/mol. The van der Waals surface area contributed by atoms with E-state index in [2.05, 4.69) is 45.0 Å². The molecule has 2 aromatic rings. The van der Waals surface area contributed by atoms with Crippen LogP contribution in [0.2, 0.25) is 0 Å². The fourth-order valence-corrected chi connectivity index (χ4v) is 1.60. The van der Waals surface area contributed by atoms with E-state index in [9.17, 15) is 0 Å². The lowest BCUT2D eigenvalue weighted by Gasteiger charge is -2.04. The van der Waals surface area contributed by atoms with Crippen molar-refractivity contribution < 1.29 is 0 Å². The number of rotatable bonds is 1. The third kappa shape index (κ3) is 5.05. The van der Waals surface area contributed by atoms with Crippen LogP contribution in [0.5, 0.6) is 0 Å². The second kappa shape index (κ2) is 6.85. The van der Waals surface area contributed by atoms with Gasteiger partial charge in [-0.25, -0.2) is 0 Å². The van der Waals surface area contributed by atoms with Gasteiger partial charge in [-0.3, -0.25) is 0 Å². The predicted octanol–water partition coefficient (Wildman–Crippen LogP) is 4.70. The number of hydrogen-bond acceptors (Lipinski definition) is 1. The van der Waals surface area contributed by atoms with Crippen molar-refractivity contribution in [2.24, 2.45) is 0 Å². The van der Waals surface area contributed by atoms with E-state index < -0.39 is 0 Å². The molecule has 0 saturated heterocycles. The monoisotopic (exact) mass is 241 g/mol. The average Bonchev–Trinajstić information content (AvgIpc) is 2.34. The standard InChI is InChI=1S/C10H14.C7H9N/c1-8(2)10-6-4-5-9(3)7-10;1-6-2-4-7(8)5-3-6/h4-8H,1-3H3;2-5H,8H2,1H3. The zero-order valence-electron chi connectivity index (χ0n) is 11.8. The molecule has 0 spiro atoms. The number of nitrogen functional groups attached to an aromatic ring is 1. The van der Waals surface area contributed by atoms with Crippen LogP contribution in [0.3, 0.4) is 0 Å². The van der Waals surface area contributed by atoms with Gasteiger partial charge in [0.15, 0.2) is 0 Å². The largest absolute Gasteiger partial charge is 0.399 e. The molecule has 0 heterocycles. The van der Waals surface area contributed by atoms with Crippen LogP contribution in [0.15, 0.2) is 48.5 Å². The summed E-state index contributed by atoms with van der Waals surface area (Å²) in [5.41, 5.74) is 10.3. The molecule has 0 radical (unpaired) electrons. The van der Waals surface area contributed by atoms with Crippen molar-refractivity contribution in [1.82, 2.24) is 0 Å². The Balaban J connectivity index is 0.000000184. The van der Waals surface area contributed by atoms with Crippen LogP contribution in [0, 0.1) is 13.8 Å². The Morgan fingerprint density at radius 1 is 0.833 bits per heavy atom. The quantitative estimate of drug-likeness (QED) is 0.720. The molecule has 1 nitrogen and oxygen atoms in total. The van der Waals surface area contributed by atoms with Crippen molar-refractivity contribution >= 4 is 5.69 Å². The first kappa shape index (κ1) is 14.3. The zero-order valence-corrected chi connectivity index (χ0v) is 11.8. The predicted molar refractivity (Wildman–Crippen MR) is 80.9 cm³/mol. The number of anilines is 1. The molecule has 0 bridgehead atoms. The van der Waals surface area contributed by atoms with Crippen molar-refractivity contribution in [3.8, 4) is 0 Å². The molecule has 2 N–H and O–H groups in total. The molecule has 0 aliphatic rings. The highest BCUT2D eigenvalue weighted by atomic mass is 14.5. The molecule has 0 atom stereocenters. The van der Waals surface area contributed by atoms with Crippen molar-refractivity contribution in [2.75, 3.05) is 5.73 Å². The van der Waals surface area contributed by atoms with Gasteiger partial charge in [-0.15, -0.1) is 0 Å². The van der Waals surface area contributed by atoms with E-state index in [1.807, 2.05) is 31.2 Å². The van der Waals surface area contributed by atoms with Gasteiger partial charge in [0, 0.05) is 5.69 Å². The summed E-state index contributed by atoms with van der Waals surface area (Å²) in [5, 5.41) is 0. The highest BCUT2D eigenvalue weighted by molar-refractivity contribution is 5.38. The minimum absolute atomic E-state index is 0.653. The Labute approximate surface area is 111 Å². The van der Waals surface area contributed by atoms with Gasteiger partial charge in [0.1, 0.15) is 0 Å². The lowest BCUT2D eigenvalue weighted by Crippen LogP contribution is -1.86. The van der Waals surface area contributed by atoms with Crippen molar-refractivity contribution in [3.63, 3.8) is 0 Å². The second-order valence-corrected chi connectivity index (χ2v) is 4.98. The first-order chi connectivity index (χ1) is 8.49. The van der Waals surface area contributed by atoms with Crippen LogP contribution in [0.4, 0.5) is 5.69 Å². The maximum absolute atomic E-state index is 5.43. The molecule has 0 fully saturated rings. The number of benzene rings is 2. The van der Waals surface area contributed by atoms with Crippen LogP contribution in [0.25, 0.3) is 0 Å². The van der Waals surface area contributed by atoms with Crippen LogP contribution >= 0.6 is 0 Å². The fraction of sp³-hybridized carbons (Fsp3) is 0.294. The average molecular weight is 241 g/mol. The summed E-state index contributed by atoms with van der Waals surface area (Å²) in [5.74, 6) is 0.653. The molecule has 0 saturated carbocycles. The molecule has 1 heteroatoms. The third-order valence-electron chi connectivity index (χ3n) is 2.79. The van der Waals surface area contributed by atoms with Crippen LogP contribution in [-0.2, 0) is 0 Å². The maximum atomic E-state index is 5.43. The van der Waals surface area contributed by atoms with Gasteiger partial charge in [0.2, 0.25) is 0 Å². The van der Waals surface area contributed by atoms with E-state index in [0.29, 0.717) is 5.92 Å².